The zero-order valence-corrected chi connectivity index (χ0v) is 22.5. The van der Waals surface area contributed by atoms with E-state index in [1.807, 2.05) is 60.7 Å². The Morgan fingerprint density at radius 3 is 1.97 bits per heavy atom. The van der Waals surface area contributed by atoms with E-state index in [9.17, 15) is 4.57 Å². The lowest BCUT2D eigenvalue weighted by Gasteiger charge is -2.42. The van der Waals surface area contributed by atoms with Gasteiger partial charge in [0.2, 0.25) is 0 Å². The van der Waals surface area contributed by atoms with Crippen molar-refractivity contribution in [2.75, 3.05) is 6.16 Å². The molecule has 0 heterocycles. The van der Waals surface area contributed by atoms with Crippen LogP contribution >= 0.6 is 7.14 Å². The molecule has 0 bridgehead atoms. The molecule has 1 saturated carbocycles. The van der Waals surface area contributed by atoms with Crippen LogP contribution < -0.4 is 10.6 Å². The number of allylic oxidation sites excluding steroid dienone is 1. The molecule has 0 N–H and O–H groups in total. The van der Waals surface area contributed by atoms with Crippen LogP contribution in [0.2, 0.25) is 18.1 Å². The first-order valence-electron chi connectivity index (χ1n) is 11.7. The summed E-state index contributed by atoms with van der Waals surface area (Å²) in [7, 11) is -4.64. The first-order valence-corrected chi connectivity index (χ1v) is 16.5. The summed E-state index contributed by atoms with van der Waals surface area (Å²) in [6.07, 6.45) is 4.67. The smallest absolute Gasteiger partial charge is 0.192 e. The molecule has 0 amide bonds. The molecule has 1 aliphatic carbocycles. The fourth-order valence-corrected chi connectivity index (χ4v) is 7.91. The highest BCUT2D eigenvalue weighted by Gasteiger charge is 2.41. The highest BCUT2D eigenvalue weighted by molar-refractivity contribution is 7.78. The van der Waals surface area contributed by atoms with Crippen LogP contribution in [0.25, 0.3) is 0 Å². The Morgan fingerprint density at radius 1 is 1.00 bits per heavy atom. The predicted octanol–water partition coefficient (Wildman–Crippen LogP) is 7.30. The van der Waals surface area contributed by atoms with Crippen LogP contribution in [0.3, 0.4) is 0 Å². The van der Waals surface area contributed by atoms with Crippen LogP contribution in [0.15, 0.2) is 84.5 Å². The molecule has 2 aromatic rings. The molecule has 2 atom stereocenters. The summed E-state index contributed by atoms with van der Waals surface area (Å²) in [5, 5.41) is 2.00. The molecule has 1 fully saturated rings. The minimum atomic E-state index is -2.74. The van der Waals surface area contributed by atoms with Gasteiger partial charge >= 0.3 is 0 Å². The summed E-state index contributed by atoms with van der Waals surface area (Å²) in [5.74, 6) is 0.373. The Labute approximate surface area is 196 Å². The highest BCUT2D eigenvalue weighted by atomic mass is 31.2. The van der Waals surface area contributed by atoms with Crippen LogP contribution in [0, 0.1) is 5.92 Å². The van der Waals surface area contributed by atoms with E-state index in [0.717, 1.165) is 23.5 Å². The van der Waals surface area contributed by atoms with Crippen molar-refractivity contribution in [2.45, 2.75) is 64.8 Å². The normalized spacial score (nSPS) is 21.7. The second-order valence-electron chi connectivity index (χ2n) is 10.7. The van der Waals surface area contributed by atoms with E-state index in [0.29, 0.717) is 12.1 Å². The zero-order valence-electron chi connectivity index (χ0n) is 20.6. The maximum atomic E-state index is 14.4. The number of hydrogen-bond donors (Lipinski definition) is 0. The van der Waals surface area contributed by atoms with Gasteiger partial charge in [0, 0.05) is 16.8 Å². The first-order chi connectivity index (χ1) is 14.9. The molecule has 2 aromatic carbocycles. The maximum absolute atomic E-state index is 14.4. The molecule has 0 radical (unpaired) electrons. The lowest BCUT2D eigenvalue weighted by atomic mass is 9.81. The van der Waals surface area contributed by atoms with Crippen molar-refractivity contribution in [3.63, 3.8) is 0 Å². The van der Waals surface area contributed by atoms with Gasteiger partial charge in [-0.25, -0.2) is 0 Å². The minimum Gasteiger partial charge on any atom is -0.410 e. The van der Waals surface area contributed by atoms with Gasteiger partial charge in [-0.3, -0.25) is 0 Å². The Bertz CT molecular complexity index is 959. The third-order valence-corrected chi connectivity index (χ3v) is 14.7. The molecule has 172 valence electrons. The average molecular weight is 467 g/mol. The Kier molecular flexibility index (Phi) is 7.54. The minimum absolute atomic E-state index is 0.0544. The molecular formula is C28H39O2PSi. The third kappa shape index (κ3) is 5.45. The van der Waals surface area contributed by atoms with Crippen LogP contribution in [-0.2, 0) is 8.99 Å². The molecule has 32 heavy (non-hydrogen) atoms. The second kappa shape index (κ2) is 9.67. The van der Waals surface area contributed by atoms with E-state index in [1.54, 1.807) is 0 Å². The summed E-state index contributed by atoms with van der Waals surface area (Å²) < 4.78 is 21.1. The van der Waals surface area contributed by atoms with Crippen molar-refractivity contribution in [3.05, 3.63) is 84.5 Å². The molecule has 1 aliphatic rings. The van der Waals surface area contributed by atoms with Crippen molar-refractivity contribution in [1.82, 2.24) is 0 Å². The summed E-state index contributed by atoms with van der Waals surface area (Å²) in [4.78, 5) is 0. The summed E-state index contributed by atoms with van der Waals surface area (Å²) in [5.41, 5.74) is 2.56. The predicted molar refractivity (Wildman–Crippen MR) is 142 cm³/mol. The lowest BCUT2D eigenvalue weighted by molar-refractivity contribution is 0.189. The molecular weight excluding hydrogens is 427 g/mol. The molecule has 3 rings (SSSR count). The molecule has 0 saturated heterocycles. The molecule has 0 unspecified atom stereocenters. The van der Waals surface area contributed by atoms with Gasteiger partial charge in [0.15, 0.2) is 8.32 Å². The van der Waals surface area contributed by atoms with Crippen molar-refractivity contribution in [3.8, 4) is 0 Å². The van der Waals surface area contributed by atoms with Gasteiger partial charge in [0.05, 0.1) is 6.10 Å². The monoisotopic (exact) mass is 466 g/mol. The van der Waals surface area contributed by atoms with E-state index >= 15 is 0 Å². The quantitative estimate of drug-likeness (QED) is 0.254. The molecule has 2 nitrogen and oxygen atoms in total. The maximum Gasteiger partial charge on any atom is 0.192 e. The van der Waals surface area contributed by atoms with E-state index in [-0.39, 0.29) is 11.1 Å². The van der Waals surface area contributed by atoms with Gasteiger partial charge in [-0.1, -0.05) is 107 Å². The van der Waals surface area contributed by atoms with Crippen molar-refractivity contribution < 1.29 is 8.99 Å². The molecule has 0 spiro atoms. The largest absolute Gasteiger partial charge is 0.410 e. The van der Waals surface area contributed by atoms with Crippen LogP contribution in [0.4, 0.5) is 0 Å². The van der Waals surface area contributed by atoms with Crippen molar-refractivity contribution >= 4 is 26.1 Å². The average Bonchev–Trinajstić information content (AvgIpc) is 2.75. The molecule has 0 aliphatic heterocycles. The fraction of sp³-hybridized carbons (Fsp3) is 0.429. The fourth-order valence-electron chi connectivity index (χ4n) is 4.07. The first kappa shape index (κ1) is 25.0. The molecule has 4 heteroatoms. The van der Waals surface area contributed by atoms with E-state index in [1.165, 1.54) is 11.1 Å². The van der Waals surface area contributed by atoms with Gasteiger partial charge < -0.3 is 8.99 Å². The summed E-state index contributed by atoms with van der Waals surface area (Å²) in [6.45, 7) is 18.1. The molecule has 0 aromatic heterocycles. The summed E-state index contributed by atoms with van der Waals surface area (Å²) in [6, 6.07) is 19.9. The van der Waals surface area contributed by atoms with Gasteiger partial charge in [0.1, 0.15) is 7.14 Å². The Morgan fingerprint density at radius 2 is 1.50 bits per heavy atom. The van der Waals surface area contributed by atoms with Gasteiger partial charge in [-0.2, -0.15) is 0 Å². The SMILES string of the molecule is C=C1[C@@H](C)C/C(=C/CP(=O)(c2ccccc2)c2ccccc2)C[C@H]1O[Si](C)(C)C(C)(C)C. The van der Waals surface area contributed by atoms with E-state index in [2.05, 4.69) is 53.4 Å². The number of hydrogen-bond acceptors (Lipinski definition) is 2. The second-order valence-corrected chi connectivity index (χ2v) is 18.3. The van der Waals surface area contributed by atoms with Gasteiger partial charge in [-0.05, 0) is 42.5 Å². The Balaban J connectivity index is 1.89. The van der Waals surface area contributed by atoms with E-state index < -0.39 is 15.5 Å². The van der Waals surface area contributed by atoms with Gasteiger partial charge in [-0.15, -0.1) is 0 Å². The summed E-state index contributed by atoms with van der Waals surface area (Å²) >= 11 is 0. The lowest BCUT2D eigenvalue weighted by Crippen LogP contribution is -2.45. The van der Waals surface area contributed by atoms with Crippen molar-refractivity contribution in [1.29, 1.82) is 0 Å². The van der Waals surface area contributed by atoms with Crippen LogP contribution in [-0.4, -0.2) is 20.6 Å². The van der Waals surface area contributed by atoms with E-state index in [4.69, 9.17) is 4.43 Å². The Hall–Kier alpha value is -1.67. The standard InChI is InChI=1S/C28H39O2PSi/c1-22-20-24(21-27(23(22)2)30-32(6,7)28(3,4)5)18-19-31(29,25-14-10-8-11-15-25)26-16-12-9-13-17-26/h8-18,22,27H,2,19-21H2,1,3-7H3/b24-18-/t22-,27+/m0/s1. The van der Waals surface area contributed by atoms with Gasteiger partial charge in [0.25, 0.3) is 0 Å². The van der Waals surface area contributed by atoms with Crippen molar-refractivity contribution in [2.24, 2.45) is 5.92 Å². The number of rotatable bonds is 6. The zero-order chi connectivity index (χ0) is 23.6. The number of benzene rings is 2. The van der Waals surface area contributed by atoms with Crippen LogP contribution in [0.1, 0.15) is 40.5 Å². The van der Waals surface area contributed by atoms with Crippen LogP contribution in [0.5, 0.6) is 0 Å². The topological polar surface area (TPSA) is 26.3 Å². The highest BCUT2D eigenvalue weighted by Crippen LogP contribution is 2.46. The third-order valence-electron chi connectivity index (χ3n) is 7.29.